The Kier molecular flexibility index (Phi) is 8.01. The maximum Gasteiger partial charge on any atom is 0.0190 e. The molecule has 0 aromatic heterocycles. The third-order valence-electron chi connectivity index (χ3n) is 5.00. The van der Waals surface area contributed by atoms with E-state index in [2.05, 4.69) is 38.0 Å². The van der Waals surface area contributed by atoms with Crippen LogP contribution in [0.2, 0.25) is 0 Å². The van der Waals surface area contributed by atoms with E-state index < -0.39 is 0 Å². The lowest BCUT2D eigenvalue weighted by Crippen LogP contribution is -2.48. The maximum absolute atomic E-state index is 3.65. The third kappa shape index (κ3) is 5.83. The zero-order valence-electron chi connectivity index (χ0n) is 13.8. The van der Waals surface area contributed by atoms with Crippen molar-refractivity contribution in [3.05, 3.63) is 0 Å². The van der Waals surface area contributed by atoms with E-state index in [1.54, 1.807) is 0 Å². The summed E-state index contributed by atoms with van der Waals surface area (Å²) in [6.07, 6.45) is 12.4. The highest BCUT2D eigenvalue weighted by Crippen LogP contribution is 2.31. The van der Waals surface area contributed by atoms with Gasteiger partial charge >= 0.3 is 0 Å². The molecule has 0 spiro atoms. The summed E-state index contributed by atoms with van der Waals surface area (Å²) in [4.78, 5) is 2.68. The van der Waals surface area contributed by atoms with Crippen molar-refractivity contribution in [1.82, 2.24) is 10.2 Å². The van der Waals surface area contributed by atoms with Crippen LogP contribution in [0.3, 0.4) is 0 Å². The van der Waals surface area contributed by atoms with Crippen molar-refractivity contribution in [3.8, 4) is 0 Å². The molecular formula is C17H36N2. The van der Waals surface area contributed by atoms with Gasteiger partial charge in [0.15, 0.2) is 0 Å². The molecule has 0 saturated heterocycles. The van der Waals surface area contributed by atoms with Gasteiger partial charge in [0, 0.05) is 18.1 Å². The summed E-state index contributed by atoms with van der Waals surface area (Å²) >= 11 is 0. The van der Waals surface area contributed by atoms with Crippen molar-refractivity contribution in [2.45, 2.75) is 90.1 Å². The molecule has 2 nitrogen and oxygen atoms in total. The lowest BCUT2D eigenvalue weighted by Gasteiger charge is -2.39. The van der Waals surface area contributed by atoms with E-state index in [0.717, 1.165) is 0 Å². The predicted octanol–water partition coefficient (Wildman–Crippen LogP) is 4.20. The standard InChI is InChI=1S/C17H36N2/c1-5-6-10-14-19(16(2)3)15-13-17(18-4)11-8-7-9-12-17/h16,18H,5-15H2,1-4H3. The monoisotopic (exact) mass is 268 g/mol. The third-order valence-corrected chi connectivity index (χ3v) is 5.00. The van der Waals surface area contributed by atoms with E-state index in [1.165, 1.54) is 70.9 Å². The highest BCUT2D eigenvalue weighted by Gasteiger charge is 2.30. The Morgan fingerprint density at radius 3 is 2.26 bits per heavy atom. The molecule has 114 valence electrons. The van der Waals surface area contributed by atoms with Gasteiger partial charge in [-0.2, -0.15) is 0 Å². The number of hydrogen-bond donors (Lipinski definition) is 1. The van der Waals surface area contributed by atoms with Crippen molar-refractivity contribution in [2.75, 3.05) is 20.1 Å². The molecule has 0 aromatic carbocycles. The van der Waals surface area contributed by atoms with E-state index >= 15 is 0 Å². The van der Waals surface area contributed by atoms with Crippen LogP contribution in [0.15, 0.2) is 0 Å². The molecule has 0 heterocycles. The lowest BCUT2D eigenvalue weighted by atomic mass is 9.79. The van der Waals surface area contributed by atoms with Crippen LogP contribution in [-0.4, -0.2) is 36.6 Å². The summed E-state index contributed by atoms with van der Waals surface area (Å²) in [6, 6.07) is 0.689. The summed E-state index contributed by atoms with van der Waals surface area (Å²) in [5.74, 6) is 0. The van der Waals surface area contributed by atoms with Crippen LogP contribution >= 0.6 is 0 Å². The Morgan fingerprint density at radius 2 is 1.74 bits per heavy atom. The van der Waals surface area contributed by atoms with E-state index in [4.69, 9.17) is 0 Å². The quantitative estimate of drug-likeness (QED) is 0.631. The highest BCUT2D eigenvalue weighted by molar-refractivity contribution is 4.90. The molecule has 0 atom stereocenters. The van der Waals surface area contributed by atoms with Crippen LogP contribution in [0, 0.1) is 0 Å². The van der Waals surface area contributed by atoms with Crippen molar-refractivity contribution in [1.29, 1.82) is 0 Å². The van der Waals surface area contributed by atoms with Crippen LogP contribution in [0.1, 0.15) is 78.6 Å². The normalized spacial score (nSPS) is 19.3. The summed E-state index contributed by atoms with van der Waals surface area (Å²) in [5, 5.41) is 3.65. The molecule has 1 saturated carbocycles. The van der Waals surface area contributed by atoms with Crippen LogP contribution in [0.5, 0.6) is 0 Å². The van der Waals surface area contributed by atoms with E-state index in [1.807, 2.05) is 0 Å². The Bertz CT molecular complexity index is 219. The highest BCUT2D eigenvalue weighted by atomic mass is 15.1. The minimum Gasteiger partial charge on any atom is -0.314 e. The molecule has 1 N–H and O–H groups in total. The van der Waals surface area contributed by atoms with Gasteiger partial charge < -0.3 is 10.2 Å². The minimum absolute atomic E-state index is 0.441. The average molecular weight is 268 g/mol. The van der Waals surface area contributed by atoms with Gasteiger partial charge in [-0.1, -0.05) is 39.0 Å². The van der Waals surface area contributed by atoms with E-state index in [0.29, 0.717) is 11.6 Å². The molecule has 1 aliphatic rings. The van der Waals surface area contributed by atoms with Crippen molar-refractivity contribution >= 4 is 0 Å². The van der Waals surface area contributed by atoms with Gasteiger partial charge in [-0.25, -0.2) is 0 Å². The molecule has 19 heavy (non-hydrogen) atoms. The number of unbranched alkanes of at least 4 members (excludes halogenated alkanes) is 2. The van der Waals surface area contributed by atoms with Gasteiger partial charge in [-0.15, -0.1) is 0 Å². The molecular weight excluding hydrogens is 232 g/mol. The zero-order chi connectivity index (χ0) is 14.1. The second-order valence-corrected chi connectivity index (χ2v) is 6.68. The fourth-order valence-electron chi connectivity index (χ4n) is 3.40. The van der Waals surface area contributed by atoms with Gasteiger partial charge in [0.2, 0.25) is 0 Å². The first kappa shape index (κ1) is 17.0. The smallest absolute Gasteiger partial charge is 0.0190 e. The topological polar surface area (TPSA) is 15.3 Å². The maximum atomic E-state index is 3.65. The van der Waals surface area contributed by atoms with Crippen molar-refractivity contribution in [3.63, 3.8) is 0 Å². The van der Waals surface area contributed by atoms with Crippen LogP contribution in [-0.2, 0) is 0 Å². The van der Waals surface area contributed by atoms with Gasteiger partial charge in [0.1, 0.15) is 0 Å². The Morgan fingerprint density at radius 1 is 1.05 bits per heavy atom. The second-order valence-electron chi connectivity index (χ2n) is 6.68. The fourth-order valence-corrected chi connectivity index (χ4v) is 3.40. The van der Waals surface area contributed by atoms with Crippen LogP contribution in [0.25, 0.3) is 0 Å². The second kappa shape index (κ2) is 8.97. The zero-order valence-corrected chi connectivity index (χ0v) is 13.8. The summed E-state index contributed by atoms with van der Waals surface area (Å²) in [7, 11) is 2.17. The molecule has 0 amide bonds. The van der Waals surface area contributed by atoms with Crippen molar-refractivity contribution < 1.29 is 0 Å². The first-order valence-electron chi connectivity index (χ1n) is 8.56. The summed E-state index contributed by atoms with van der Waals surface area (Å²) < 4.78 is 0. The van der Waals surface area contributed by atoms with E-state index in [-0.39, 0.29) is 0 Å². The predicted molar refractivity (Wildman–Crippen MR) is 85.7 cm³/mol. The largest absolute Gasteiger partial charge is 0.314 e. The Balaban J connectivity index is 2.40. The molecule has 0 aliphatic heterocycles. The first-order valence-corrected chi connectivity index (χ1v) is 8.56. The minimum atomic E-state index is 0.441. The van der Waals surface area contributed by atoms with Crippen LogP contribution < -0.4 is 5.32 Å². The van der Waals surface area contributed by atoms with Gasteiger partial charge in [0.25, 0.3) is 0 Å². The summed E-state index contributed by atoms with van der Waals surface area (Å²) in [5.41, 5.74) is 0.441. The number of nitrogens with zero attached hydrogens (tertiary/aromatic N) is 1. The molecule has 1 aliphatic carbocycles. The summed E-state index contributed by atoms with van der Waals surface area (Å²) in [6.45, 7) is 9.53. The van der Waals surface area contributed by atoms with Crippen molar-refractivity contribution in [2.24, 2.45) is 0 Å². The average Bonchev–Trinajstić information content (AvgIpc) is 2.43. The first-order chi connectivity index (χ1) is 9.13. The molecule has 0 radical (unpaired) electrons. The van der Waals surface area contributed by atoms with Gasteiger partial charge in [-0.05, 0) is 53.1 Å². The molecule has 0 unspecified atom stereocenters. The molecule has 0 aromatic rings. The van der Waals surface area contributed by atoms with Gasteiger partial charge in [-0.3, -0.25) is 0 Å². The number of hydrogen-bond acceptors (Lipinski definition) is 2. The molecule has 1 rings (SSSR count). The molecule has 2 heteroatoms. The van der Waals surface area contributed by atoms with E-state index in [9.17, 15) is 0 Å². The Labute approximate surface area is 121 Å². The van der Waals surface area contributed by atoms with Crippen LogP contribution in [0.4, 0.5) is 0 Å². The van der Waals surface area contributed by atoms with Gasteiger partial charge in [0.05, 0.1) is 0 Å². The molecule has 1 fully saturated rings. The molecule has 0 bridgehead atoms. The lowest BCUT2D eigenvalue weighted by molar-refractivity contribution is 0.158. The number of nitrogens with one attached hydrogen (secondary N) is 1. The fraction of sp³-hybridized carbons (Fsp3) is 1.00. The number of rotatable bonds is 9. The SMILES string of the molecule is CCCCCN(CCC1(NC)CCCCC1)C(C)C. The Hall–Kier alpha value is -0.0800.